The largest absolute Gasteiger partial charge is 0.497 e. The number of carbonyl (C=O) groups is 2. The summed E-state index contributed by atoms with van der Waals surface area (Å²) in [6.07, 6.45) is 3.04. The minimum atomic E-state index is -0.655. The Balaban J connectivity index is 2.71. The Labute approximate surface area is 124 Å². The Hall–Kier alpha value is -2.30. The molecule has 0 fully saturated rings. The van der Waals surface area contributed by atoms with Crippen LogP contribution in [0.1, 0.15) is 19.4 Å². The van der Waals surface area contributed by atoms with Crippen molar-refractivity contribution >= 4 is 18.0 Å². The van der Waals surface area contributed by atoms with Crippen LogP contribution in [0.15, 0.2) is 30.3 Å². The third kappa shape index (κ3) is 5.30. The number of rotatable bonds is 6. The van der Waals surface area contributed by atoms with Crippen LogP contribution in [0.3, 0.4) is 0 Å². The predicted molar refractivity (Wildman–Crippen MR) is 80.8 cm³/mol. The summed E-state index contributed by atoms with van der Waals surface area (Å²) in [6, 6.07) is 6.67. The van der Waals surface area contributed by atoms with Gasteiger partial charge in [0.05, 0.1) is 14.2 Å². The number of ether oxygens (including phenoxy) is 2. The average molecular weight is 291 g/mol. The van der Waals surface area contributed by atoms with Crippen LogP contribution in [-0.4, -0.2) is 32.1 Å². The predicted octanol–water partition coefficient (Wildman–Crippen LogP) is 2.02. The van der Waals surface area contributed by atoms with E-state index in [-0.39, 0.29) is 11.8 Å². The fraction of sp³-hybridized carbons (Fsp3) is 0.375. The summed E-state index contributed by atoms with van der Waals surface area (Å²) < 4.78 is 9.78. The van der Waals surface area contributed by atoms with E-state index in [2.05, 4.69) is 10.1 Å². The van der Waals surface area contributed by atoms with E-state index in [0.717, 1.165) is 5.56 Å². The minimum Gasteiger partial charge on any atom is -0.497 e. The highest BCUT2D eigenvalue weighted by molar-refractivity contribution is 5.94. The highest BCUT2D eigenvalue weighted by Gasteiger charge is 2.23. The Kier molecular flexibility index (Phi) is 6.46. The molecule has 1 aromatic rings. The lowest BCUT2D eigenvalue weighted by molar-refractivity contribution is -0.145. The van der Waals surface area contributed by atoms with E-state index in [4.69, 9.17) is 4.74 Å². The molecule has 1 amide bonds. The fourth-order valence-electron chi connectivity index (χ4n) is 1.74. The summed E-state index contributed by atoms with van der Waals surface area (Å²) >= 11 is 0. The molecule has 0 aromatic heterocycles. The van der Waals surface area contributed by atoms with Gasteiger partial charge in [-0.15, -0.1) is 0 Å². The van der Waals surface area contributed by atoms with Crippen molar-refractivity contribution in [1.82, 2.24) is 5.32 Å². The van der Waals surface area contributed by atoms with Gasteiger partial charge in [-0.2, -0.15) is 0 Å². The lowest BCUT2D eigenvalue weighted by Crippen LogP contribution is -2.44. The van der Waals surface area contributed by atoms with Gasteiger partial charge in [-0.25, -0.2) is 4.79 Å². The van der Waals surface area contributed by atoms with Gasteiger partial charge >= 0.3 is 5.97 Å². The zero-order valence-electron chi connectivity index (χ0n) is 12.8. The molecule has 0 aliphatic rings. The van der Waals surface area contributed by atoms with Crippen molar-refractivity contribution in [1.29, 1.82) is 0 Å². The number of nitrogens with one attached hydrogen (secondary N) is 1. The summed E-state index contributed by atoms with van der Waals surface area (Å²) in [5.74, 6) is -0.131. The van der Waals surface area contributed by atoms with Crippen LogP contribution in [0.2, 0.25) is 0 Å². The van der Waals surface area contributed by atoms with Crippen molar-refractivity contribution in [2.45, 2.75) is 19.9 Å². The maximum atomic E-state index is 11.9. The second-order valence-electron chi connectivity index (χ2n) is 4.86. The lowest BCUT2D eigenvalue weighted by Gasteiger charge is -2.18. The van der Waals surface area contributed by atoms with Gasteiger partial charge in [0.25, 0.3) is 0 Å². The number of benzene rings is 1. The highest BCUT2D eigenvalue weighted by atomic mass is 16.5. The zero-order valence-corrected chi connectivity index (χ0v) is 12.8. The van der Waals surface area contributed by atoms with Crippen LogP contribution in [0.4, 0.5) is 0 Å². The van der Waals surface area contributed by atoms with Crippen molar-refractivity contribution in [3.63, 3.8) is 0 Å². The van der Waals surface area contributed by atoms with Crippen molar-refractivity contribution in [3.8, 4) is 5.75 Å². The third-order valence-electron chi connectivity index (χ3n) is 2.94. The summed E-state index contributed by atoms with van der Waals surface area (Å²) in [4.78, 5) is 23.4. The van der Waals surface area contributed by atoms with Crippen molar-refractivity contribution in [2.24, 2.45) is 5.92 Å². The molecule has 0 radical (unpaired) electrons. The van der Waals surface area contributed by atoms with Crippen molar-refractivity contribution in [2.75, 3.05) is 14.2 Å². The summed E-state index contributed by atoms with van der Waals surface area (Å²) in [6.45, 7) is 3.68. The fourth-order valence-corrected chi connectivity index (χ4v) is 1.74. The summed E-state index contributed by atoms with van der Waals surface area (Å²) in [5, 5.41) is 2.63. The molecule has 114 valence electrons. The number of hydrogen-bond donors (Lipinski definition) is 1. The quantitative estimate of drug-likeness (QED) is 0.643. The number of amides is 1. The zero-order chi connectivity index (χ0) is 15.8. The second kappa shape index (κ2) is 8.09. The molecule has 1 aromatic carbocycles. The Morgan fingerprint density at radius 1 is 1.24 bits per heavy atom. The normalized spacial score (nSPS) is 12.2. The maximum Gasteiger partial charge on any atom is 0.328 e. The first kappa shape index (κ1) is 16.8. The smallest absolute Gasteiger partial charge is 0.328 e. The molecule has 5 nitrogen and oxygen atoms in total. The molecule has 0 aliphatic heterocycles. The van der Waals surface area contributed by atoms with Gasteiger partial charge in [-0.3, -0.25) is 4.79 Å². The van der Waals surface area contributed by atoms with Crippen LogP contribution < -0.4 is 10.1 Å². The van der Waals surface area contributed by atoms with Gasteiger partial charge in [-0.1, -0.05) is 26.0 Å². The Morgan fingerprint density at radius 3 is 2.52 bits per heavy atom. The van der Waals surface area contributed by atoms with E-state index >= 15 is 0 Å². The van der Waals surface area contributed by atoms with Gasteiger partial charge in [0, 0.05) is 6.08 Å². The molecule has 5 heteroatoms. The molecule has 0 heterocycles. The average Bonchev–Trinajstić information content (AvgIpc) is 2.49. The van der Waals surface area contributed by atoms with Crippen LogP contribution in [-0.2, 0) is 14.3 Å². The Bertz CT molecular complexity index is 523. The molecule has 0 saturated heterocycles. The summed E-state index contributed by atoms with van der Waals surface area (Å²) in [5.41, 5.74) is 0.837. The number of hydrogen-bond acceptors (Lipinski definition) is 4. The lowest BCUT2D eigenvalue weighted by atomic mass is 10.0. The molecule has 21 heavy (non-hydrogen) atoms. The first-order valence-electron chi connectivity index (χ1n) is 6.68. The van der Waals surface area contributed by atoms with E-state index < -0.39 is 12.0 Å². The van der Waals surface area contributed by atoms with E-state index in [9.17, 15) is 9.59 Å². The molecule has 1 unspecified atom stereocenters. The highest BCUT2D eigenvalue weighted by Crippen LogP contribution is 2.13. The number of methoxy groups -OCH3 is 2. The molecule has 1 atom stereocenters. The number of carbonyl (C=O) groups excluding carboxylic acids is 2. The van der Waals surface area contributed by atoms with Crippen LogP contribution in [0.25, 0.3) is 6.08 Å². The first-order chi connectivity index (χ1) is 9.97. The molecule has 1 N–H and O–H groups in total. The SMILES string of the molecule is COC(=O)C(NC(=O)/C=C/c1cccc(OC)c1)C(C)C. The molecule has 0 spiro atoms. The van der Waals surface area contributed by atoms with Crippen LogP contribution in [0.5, 0.6) is 5.75 Å². The monoisotopic (exact) mass is 291 g/mol. The van der Waals surface area contributed by atoms with Gasteiger partial charge < -0.3 is 14.8 Å². The van der Waals surface area contributed by atoms with E-state index in [1.165, 1.54) is 13.2 Å². The van der Waals surface area contributed by atoms with Crippen LogP contribution >= 0.6 is 0 Å². The van der Waals surface area contributed by atoms with E-state index in [0.29, 0.717) is 5.75 Å². The molecule has 1 rings (SSSR count). The topological polar surface area (TPSA) is 64.6 Å². The van der Waals surface area contributed by atoms with E-state index in [1.54, 1.807) is 13.2 Å². The first-order valence-corrected chi connectivity index (χ1v) is 6.68. The molecule has 0 saturated carbocycles. The third-order valence-corrected chi connectivity index (χ3v) is 2.94. The Morgan fingerprint density at radius 2 is 1.95 bits per heavy atom. The minimum absolute atomic E-state index is 0.0494. The number of esters is 1. The van der Waals surface area contributed by atoms with Gasteiger partial charge in [0.15, 0.2) is 0 Å². The van der Waals surface area contributed by atoms with Gasteiger partial charge in [0.1, 0.15) is 11.8 Å². The molecule has 0 bridgehead atoms. The maximum absolute atomic E-state index is 11.9. The summed E-state index contributed by atoms with van der Waals surface area (Å²) in [7, 11) is 2.88. The molecular formula is C16H21NO4. The van der Waals surface area contributed by atoms with E-state index in [1.807, 2.05) is 38.1 Å². The van der Waals surface area contributed by atoms with Crippen molar-refractivity contribution in [3.05, 3.63) is 35.9 Å². The van der Waals surface area contributed by atoms with Gasteiger partial charge in [-0.05, 0) is 29.7 Å². The second-order valence-corrected chi connectivity index (χ2v) is 4.86. The molecular weight excluding hydrogens is 270 g/mol. The molecule has 0 aliphatic carbocycles. The van der Waals surface area contributed by atoms with Gasteiger partial charge in [0.2, 0.25) is 5.91 Å². The standard InChI is InChI=1S/C16H21NO4/c1-11(2)15(16(19)21-4)17-14(18)9-8-12-6-5-7-13(10-12)20-3/h5-11,15H,1-4H3,(H,17,18)/b9-8+. The van der Waals surface area contributed by atoms with Crippen LogP contribution in [0, 0.1) is 5.92 Å². The van der Waals surface area contributed by atoms with Crippen molar-refractivity contribution < 1.29 is 19.1 Å².